The van der Waals surface area contributed by atoms with Crippen LogP contribution in [0.5, 0.6) is 0 Å². The third kappa shape index (κ3) is 6.79. The van der Waals surface area contributed by atoms with E-state index in [1.54, 1.807) is 17.0 Å². The highest BCUT2D eigenvalue weighted by Gasteiger charge is 2.15. The third-order valence-corrected chi connectivity index (χ3v) is 5.80. The summed E-state index contributed by atoms with van der Waals surface area (Å²) in [4.78, 5) is 16.6. The van der Waals surface area contributed by atoms with Gasteiger partial charge in [-0.2, -0.15) is 0 Å². The Hall–Kier alpha value is -1.96. The highest BCUT2D eigenvalue weighted by Crippen LogP contribution is 2.22. The lowest BCUT2D eigenvalue weighted by molar-refractivity contribution is -0.117. The molecule has 0 radical (unpaired) electrons. The maximum atomic E-state index is 14.1. The van der Waals surface area contributed by atoms with Crippen molar-refractivity contribution in [1.82, 2.24) is 4.90 Å². The van der Waals surface area contributed by atoms with Crippen LogP contribution < -0.4 is 10.2 Å². The number of nitrogens with one attached hydrogen (secondary N) is 1. The van der Waals surface area contributed by atoms with Gasteiger partial charge in [-0.3, -0.25) is 9.69 Å². The van der Waals surface area contributed by atoms with E-state index in [9.17, 15) is 14.3 Å². The largest absolute Gasteiger partial charge is 0.395 e. The standard InChI is InChI=1S/C23H29BrFN3O2/c24-19-5-10-22(25)18(15-19)16-27(13-14-29)17-23(30)26-20-6-8-21(9-7-20)28-11-3-1-2-4-12-28/h5-10,15,29H,1-4,11-14,16-17H2,(H,26,30). The fraction of sp³-hybridized carbons (Fsp3) is 0.435. The topological polar surface area (TPSA) is 55.8 Å². The minimum absolute atomic E-state index is 0.0698. The van der Waals surface area contributed by atoms with Crippen molar-refractivity contribution in [2.75, 3.05) is 43.0 Å². The van der Waals surface area contributed by atoms with Crippen molar-refractivity contribution in [2.45, 2.75) is 32.2 Å². The molecule has 162 valence electrons. The Labute approximate surface area is 186 Å². The summed E-state index contributed by atoms with van der Waals surface area (Å²) in [6, 6.07) is 12.6. The number of benzene rings is 2. The fourth-order valence-corrected chi connectivity index (χ4v) is 4.16. The Morgan fingerprint density at radius 3 is 2.47 bits per heavy atom. The van der Waals surface area contributed by atoms with Crippen molar-refractivity contribution in [1.29, 1.82) is 0 Å². The van der Waals surface area contributed by atoms with Crippen LogP contribution in [0.25, 0.3) is 0 Å². The first-order valence-electron chi connectivity index (χ1n) is 10.5. The van der Waals surface area contributed by atoms with Gasteiger partial charge in [0, 0.05) is 47.6 Å². The molecule has 0 spiro atoms. The number of carbonyl (C=O) groups excluding carboxylic acids is 1. The molecule has 0 saturated carbocycles. The molecule has 1 saturated heterocycles. The van der Waals surface area contributed by atoms with Crippen LogP contribution in [0, 0.1) is 5.82 Å². The summed E-state index contributed by atoms with van der Waals surface area (Å²) in [6.07, 6.45) is 5.02. The van der Waals surface area contributed by atoms with E-state index in [0.29, 0.717) is 5.56 Å². The molecule has 1 heterocycles. The summed E-state index contributed by atoms with van der Waals surface area (Å²) in [7, 11) is 0. The van der Waals surface area contributed by atoms with Crippen LogP contribution in [0.15, 0.2) is 46.9 Å². The summed E-state index contributed by atoms with van der Waals surface area (Å²) in [5, 5.41) is 12.2. The maximum Gasteiger partial charge on any atom is 0.238 e. The Balaban J connectivity index is 1.57. The number of amides is 1. The zero-order valence-corrected chi connectivity index (χ0v) is 18.7. The van der Waals surface area contributed by atoms with E-state index in [4.69, 9.17) is 0 Å². The molecule has 0 bridgehead atoms. The molecule has 30 heavy (non-hydrogen) atoms. The molecule has 7 heteroatoms. The van der Waals surface area contributed by atoms with Gasteiger partial charge in [-0.1, -0.05) is 28.8 Å². The molecule has 2 aromatic carbocycles. The SMILES string of the molecule is O=C(CN(CCO)Cc1cc(Br)ccc1F)Nc1ccc(N2CCCCCC2)cc1. The van der Waals surface area contributed by atoms with Gasteiger partial charge in [0.25, 0.3) is 0 Å². The molecule has 0 aromatic heterocycles. The number of aliphatic hydroxyl groups is 1. The van der Waals surface area contributed by atoms with Crippen molar-refractivity contribution in [3.8, 4) is 0 Å². The van der Waals surface area contributed by atoms with Crippen molar-refractivity contribution in [3.63, 3.8) is 0 Å². The second-order valence-electron chi connectivity index (χ2n) is 7.67. The highest BCUT2D eigenvalue weighted by molar-refractivity contribution is 9.10. The molecule has 1 aliphatic heterocycles. The molecule has 1 aliphatic rings. The molecule has 2 N–H and O–H groups in total. The van der Waals surface area contributed by atoms with Crippen LogP contribution in [-0.4, -0.2) is 48.7 Å². The van der Waals surface area contributed by atoms with Crippen LogP contribution in [0.1, 0.15) is 31.2 Å². The van der Waals surface area contributed by atoms with Gasteiger partial charge in [-0.25, -0.2) is 4.39 Å². The van der Waals surface area contributed by atoms with E-state index in [-0.39, 0.29) is 38.0 Å². The minimum atomic E-state index is -0.328. The first kappa shape index (κ1) is 22.7. The van der Waals surface area contributed by atoms with Crippen molar-refractivity contribution in [2.24, 2.45) is 0 Å². The molecule has 1 amide bonds. The van der Waals surface area contributed by atoms with Crippen LogP contribution in [-0.2, 0) is 11.3 Å². The van der Waals surface area contributed by atoms with E-state index >= 15 is 0 Å². The first-order valence-corrected chi connectivity index (χ1v) is 11.3. The molecule has 1 fully saturated rings. The van der Waals surface area contributed by atoms with Gasteiger partial charge < -0.3 is 15.3 Å². The number of halogens is 2. The first-order chi connectivity index (χ1) is 14.5. The van der Waals surface area contributed by atoms with Gasteiger partial charge in [0.1, 0.15) is 5.82 Å². The summed E-state index contributed by atoms with van der Waals surface area (Å²) >= 11 is 3.34. The average molecular weight is 478 g/mol. The summed E-state index contributed by atoms with van der Waals surface area (Å²) in [5.41, 5.74) is 2.39. The number of rotatable bonds is 8. The average Bonchev–Trinajstić information content (AvgIpc) is 3.01. The monoisotopic (exact) mass is 477 g/mol. The van der Waals surface area contributed by atoms with E-state index in [0.717, 1.165) is 23.2 Å². The Morgan fingerprint density at radius 2 is 1.80 bits per heavy atom. The second-order valence-corrected chi connectivity index (χ2v) is 8.58. The van der Waals surface area contributed by atoms with Gasteiger partial charge in [0.2, 0.25) is 5.91 Å². The predicted molar refractivity (Wildman–Crippen MR) is 122 cm³/mol. The summed E-state index contributed by atoms with van der Waals surface area (Å²) in [6.45, 7) is 2.65. The molecule has 2 aromatic rings. The predicted octanol–water partition coefficient (Wildman–Crippen LogP) is 4.40. The third-order valence-electron chi connectivity index (χ3n) is 5.31. The van der Waals surface area contributed by atoms with Crippen LogP contribution >= 0.6 is 15.9 Å². The Kier molecular flexibility index (Phi) is 8.66. The van der Waals surface area contributed by atoms with Crippen molar-refractivity contribution >= 4 is 33.2 Å². The van der Waals surface area contributed by atoms with E-state index in [1.807, 2.05) is 24.3 Å². The highest BCUT2D eigenvalue weighted by atomic mass is 79.9. The molecule has 0 aliphatic carbocycles. The lowest BCUT2D eigenvalue weighted by atomic mass is 10.2. The number of aliphatic hydroxyl groups excluding tert-OH is 1. The molecular weight excluding hydrogens is 449 g/mol. The number of hydrogen-bond donors (Lipinski definition) is 2. The number of nitrogens with zero attached hydrogens (tertiary/aromatic N) is 2. The van der Waals surface area contributed by atoms with Gasteiger partial charge in [0.05, 0.1) is 13.2 Å². The number of anilines is 2. The van der Waals surface area contributed by atoms with Gasteiger partial charge in [0.15, 0.2) is 0 Å². The maximum absolute atomic E-state index is 14.1. The fourth-order valence-electron chi connectivity index (χ4n) is 3.75. The minimum Gasteiger partial charge on any atom is -0.395 e. The van der Waals surface area contributed by atoms with E-state index in [2.05, 4.69) is 26.1 Å². The van der Waals surface area contributed by atoms with Gasteiger partial charge >= 0.3 is 0 Å². The van der Waals surface area contributed by atoms with Crippen molar-refractivity contribution < 1.29 is 14.3 Å². The van der Waals surface area contributed by atoms with Crippen molar-refractivity contribution in [3.05, 3.63) is 58.3 Å². The molecule has 5 nitrogen and oxygen atoms in total. The van der Waals surface area contributed by atoms with Crippen LogP contribution in [0.2, 0.25) is 0 Å². The lowest BCUT2D eigenvalue weighted by Gasteiger charge is -2.23. The Bertz CT molecular complexity index is 824. The summed E-state index contributed by atoms with van der Waals surface area (Å²) in [5.74, 6) is -0.521. The number of hydrogen-bond acceptors (Lipinski definition) is 4. The number of carbonyl (C=O) groups is 1. The lowest BCUT2D eigenvalue weighted by Crippen LogP contribution is -2.35. The normalized spacial score (nSPS) is 14.6. The Morgan fingerprint density at radius 1 is 1.10 bits per heavy atom. The van der Waals surface area contributed by atoms with E-state index < -0.39 is 0 Å². The smallest absolute Gasteiger partial charge is 0.238 e. The van der Waals surface area contributed by atoms with E-state index in [1.165, 1.54) is 37.4 Å². The van der Waals surface area contributed by atoms with Crippen LogP contribution in [0.3, 0.4) is 0 Å². The van der Waals surface area contributed by atoms with Gasteiger partial charge in [-0.15, -0.1) is 0 Å². The zero-order valence-electron chi connectivity index (χ0n) is 17.1. The molecule has 0 atom stereocenters. The summed E-state index contributed by atoms with van der Waals surface area (Å²) < 4.78 is 14.8. The molecular formula is C23H29BrFN3O2. The molecule has 3 rings (SSSR count). The van der Waals surface area contributed by atoms with Crippen LogP contribution in [0.4, 0.5) is 15.8 Å². The van der Waals surface area contributed by atoms with Gasteiger partial charge in [-0.05, 0) is 55.3 Å². The second kappa shape index (κ2) is 11.4. The zero-order chi connectivity index (χ0) is 21.3. The quantitative estimate of drug-likeness (QED) is 0.591. The molecule has 0 unspecified atom stereocenters.